The molecule has 0 radical (unpaired) electrons. The first kappa shape index (κ1) is 13.7. The largest absolute Gasteiger partial charge is 0.354 e. The van der Waals surface area contributed by atoms with E-state index in [4.69, 9.17) is 0 Å². The Morgan fingerprint density at radius 1 is 1.33 bits per heavy atom. The highest BCUT2D eigenvalue weighted by Crippen LogP contribution is 2.22. The number of carbonyl (C=O) groups excluding carboxylic acids is 1. The Balaban J connectivity index is 1.44. The maximum absolute atomic E-state index is 11.8. The number of thiazole rings is 1. The van der Waals surface area contributed by atoms with Gasteiger partial charge in [0.25, 0.3) is 0 Å². The summed E-state index contributed by atoms with van der Waals surface area (Å²) in [5.74, 6) is 0.0365. The van der Waals surface area contributed by atoms with Crippen LogP contribution in [0.15, 0.2) is 36.9 Å². The SMILES string of the molecule is O=C(CCc1nc2ccccc2s1)NCCn1cncn1. The molecule has 0 bridgehead atoms. The summed E-state index contributed by atoms with van der Waals surface area (Å²) < 4.78 is 2.85. The van der Waals surface area contributed by atoms with Gasteiger partial charge < -0.3 is 5.32 Å². The molecule has 21 heavy (non-hydrogen) atoms. The number of aromatic nitrogens is 4. The Hall–Kier alpha value is -2.28. The predicted molar refractivity (Wildman–Crippen MR) is 81.0 cm³/mol. The fourth-order valence-corrected chi connectivity index (χ4v) is 2.96. The summed E-state index contributed by atoms with van der Waals surface area (Å²) in [5.41, 5.74) is 1.00. The number of aryl methyl sites for hydroxylation is 1. The molecule has 2 aromatic heterocycles. The standard InChI is InChI=1S/C14H15N5OS/c20-13(16-7-8-19-10-15-9-17-19)5-6-14-18-11-3-1-2-4-12(11)21-14/h1-4,9-10H,5-8H2,(H,16,20). The molecule has 0 spiro atoms. The molecular weight excluding hydrogens is 286 g/mol. The van der Waals surface area contributed by atoms with Crippen LogP contribution in [0.25, 0.3) is 10.2 Å². The van der Waals surface area contributed by atoms with Crippen LogP contribution in [0.5, 0.6) is 0 Å². The van der Waals surface area contributed by atoms with Gasteiger partial charge in [0.05, 0.1) is 21.8 Å². The zero-order valence-electron chi connectivity index (χ0n) is 11.4. The Morgan fingerprint density at radius 3 is 3.05 bits per heavy atom. The van der Waals surface area contributed by atoms with Crippen molar-refractivity contribution in [3.8, 4) is 0 Å². The van der Waals surface area contributed by atoms with Crippen molar-refractivity contribution in [3.05, 3.63) is 41.9 Å². The zero-order valence-corrected chi connectivity index (χ0v) is 12.2. The van der Waals surface area contributed by atoms with Crippen LogP contribution >= 0.6 is 11.3 Å². The van der Waals surface area contributed by atoms with Crippen LogP contribution in [0.2, 0.25) is 0 Å². The molecule has 1 aromatic carbocycles. The van der Waals surface area contributed by atoms with E-state index in [2.05, 4.69) is 26.4 Å². The molecule has 0 saturated heterocycles. The van der Waals surface area contributed by atoms with Crippen molar-refractivity contribution in [2.45, 2.75) is 19.4 Å². The van der Waals surface area contributed by atoms with Crippen LogP contribution in [0, 0.1) is 0 Å². The zero-order chi connectivity index (χ0) is 14.5. The Bertz CT molecular complexity index is 689. The third kappa shape index (κ3) is 3.63. The fraction of sp³-hybridized carbons (Fsp3) is 0.286. The number of para-hydroxylation sites is 1. The third-order valence-electron chi connectivity index (χ3n) is 3.03. The van der Waals surface area contributed by atoms with E-state index in [1.165, 1.54) is 11.0 Å². The van der Waals surface area contributed by atoms with Crippen LogP contribution in [0.1, 0.15) is 11.4 Å². The molecule has 0 unspecified atom stereocenters. The Kier molecular flexibility index (Phi) is 4.20. The highest BCUT2D eigenvalue weighted by Gasteiger charge is 2.06. The van der Waals surface area contributed by atoms with Gasteiger partial charge in [-0.2, -0.15) is 5.10 Å². The molecule has 2 heterocycles. The Labute approximate surface area is 125 Å². The van der Waals surface area contributed by atoms with Gasteiger partial charge in [-0.05, 0) is 12.1 Å². The quantitative estimate of drug-likeness (QED) is 0.751. The number of hydrogen-bond acceptors (Lipinski definition) is 5. The van der Waals surface area contributed by atoms with Crippen molar-refractivity contribution in [1.82, 2.24) is 25.1 Å². The lowest BCUT2D eigenvalue weighted by atomic mass is 10.3. The lowest BCUT2D eigenvalue weighted by Gasteiger charge is -2.04. The first-order valence-electron chi connectivity index (χ1n) is 6.75. The van der Waals surface area contributed by atoms with Gasteiger partial charge in [0.2, 0.25) is 5.91 Å². The number of rotatable bonds is 6. The number of nitrogens with zero attached hydrogens (tertiary/aromatic N) is 4. The molecule has 3 rings (SSSR count). The maximum Gasteiger partial charge on any atom is 0.220 e. The molecule has 1 amide bonds. The highest BCUT2D eigenvalue weighted by atomic mass is 32.1. The average Bonchev–Trinajstić information content (AvgIpc) is 3.13. The second-order valence-electron chi connectivity index (χ2n) is 4.58. The molecule has 7 heteroatoms. The van der Waals surface area contributed by atoms with Crippen LogP contribution < -0.4 is 5.32 Å². The predicted octanol–water partition coefficient (Wildman–Crippen LogP) is 1.64. The van der Waals surface area contributed by atoms with Gasteiger partial charge in [-0.1, -0.05) is 12.1 Å². The molecule has 0 aliphatic heterocycles. The average molecular weight is 301 g/mol. The van der Waals surface area contributed by atoms with Crippen LogP contribution in [0.3, 0.4) is 0 Å². The Morgan fingerprint density at radius 2 is 2.24 bits per heavy atom. The van der Waals surface area contributed by atoms with E-state index in [1.807, 2.05) is 18.2 Å². The number of hydrogen-bond donors (Lipinski definition) is 1. The molecular formula is C14H15N5OS. The summed E-state index contributed by atoms with van der Waals surface area (Å²) in [6.45, 7) is 1.19. The van der Waals surface area contributed by atoms with Crippen molar-refractivity contribution in [2.75, 3.05) is 6.54 Å². The van der Waals surface area contributed by atoms with E-state index in [0.29, 0.717) is 25.9 Å². The van der Waals surface area contributed by atoms with Crippen LogP contribution in [0.4, 0.5) is 0 Å². The number of carbonyl (C=O) groups is 1. The maximum atomic E-state index is 11.8. The van der Waals surface area contributed by atoms with Crippen LogP contribution in [-0.4, -0.2) is 32.2 Å². The topological polar surface area (TPSA) is 72.7 Å². The van der Waals surface area contributed by atoms with E-state index < -0.39 is 0 Å². The van der Waals surface area contributed by atoms with E-state index >= 15 is 0 Å². The number of benzene rings is 1. The minimum atomic E-state index is 0.0365. The normalized spacial score (nSPS) is 10.9. The van der Waals surface area contributed by atoms with Gasteiger partial charge in [-0.25, -0.2) is 9.97 Å². The van der Waals surface area contributed by atoms with Crippen LogP contribution in [-0.2, 0) is 17.8 Å². The molecule has 0 aliphatic carbocycles. The summed E-state index contributed by atoms with van der Waals surface area (Å²) >= 11 is 1.65. The summed E-state index contributed by atoms with van der Waals surface area (Å²) in [6, 6.07) is 8.02. The van der Waals surface area contributed by atoms with Crippen molar-refractivity contribution in [3.63, 3.8) is 0 Å². The van der Waals surface area contributed by atoms with Gasteiger partial charge in [0, 0.05) is 19.4 Å². The van der Waals surface area contributed by atoms with Crippen molar-refractivity contribution in [2.24, 2.45) is 0 Å². The second kappa shape index (κ2) is 6.45. The van der Waals surface area contributed by atoms with Crippen molar-refractivity contribution in [1.29, 1.82) is 0 Å². The molecule has 0 aliphatic rings. The fourth-order valence-electron chi connectivity index (χ4n) is 1.99. The summed E-state index contributed by atoms with van der Waals surface area (Å²) in [7, 11) is 0. The first-order valence-corrected chi connectivity index (χ1v) is 7.56. The van der Waals surface area contributed by atoms with E-state index in [-0.39, 0.29) is 5.91 Å². The number of nitrogens with one attached hydrogen (secondary N) is 1. The van der Waals surface area contributed by atoms with Gasteiger partial charge in [0.1, 0.15) is 12.7 Å². The summed E-state index contributed by atoms with van der Waals surface area (Å²) in [4.78, 5) is 20.2. The molecule has 3 aromatic rings. The lowest BCUT2D eigenvalue weighted by Crippen LogP contribution is -2.27. The van der Waals surface area contributed by atoms with E-state index in [0.717, 1.165) is 10.5 Å². The lowest BCUT2D eigenvalue weighted by molar-refractivity contribution is -0.121. The van der Waals surface area contributed by atoms with E-state index in [1.54, 1.807) is 22.3 Å². The van der Waals surface area contributed by atoms with Gasteiger partial charge in [-0.15, -0.1) is 11.3 Å². The molecule has 108 valence electrons. The van der Waals surface area contributed by atoms with Gasteiger partial charge in [0.15, 0.2) is 0 Å². The molecule has 6 nitrogen and oxygen atoms in total. The smallest absolute Gasteiger partial charge is 0.220 e. The van der Waals surface area contributed by atoms with Crippen molar-refractivity contribution < 1.29 is 4.79 Å². The third-order valence-corrected chi connectivity index (χ3v) is 4.13. The summed E-state index contributed by atoms with van der Waals surface area (Å²) in [6.07, 6.45) is 4.24. The van der Waals surface area contributed by atoms with Gasteiger partial charge in [-0.3, -0.25) is 9.48 Å². The minimum absolute atomic E-state index is 0.0365. The first-order chi connectivity index (χ1) is 10.3. The molecule has 1 N–H and O–H groups in total. The monoisotopic (exact) mass is 301 g/mol. The summed E-state index contributed by atoms with van der Waals surface area (Å²) in [5, 5.41) is 7.85. The number of fused-ring (bicyclic) bond motifs is 1. The van der Waals surface area contributed by atoms with Gasteiger partial charge >= 0.3 is 0 Å². The highest BCUT2D eigenvalue weighted by molar-refractivity contribution is 7.18. The molecule has 0 atom stereocenters. The second-order valence-corrected chi connectivity index (χ2v) is 5.70. The number of amides is 1. The molecule has 0 saturated carbocycles. The molecule has 0 fully saturated rings. The van der Waals surface area contributed by atoms with Crippen molar-refractivity contribution >= 4 is 27.5 Å². The van der Waals surface area contributed by atoms with E-state index in [9.17, 15) is 4.79 Å². The minimum Gasteiger partial charge on any atom is -0.354 e.